The van der Waals surface area contributed by atoms with Gasteiger partial charge in [-0.3, -0.25) is 0 Å². The Balaban J connectivity index is 3.12. The Labute approximate surface area is 75.6 Å². The van der Waals surface area contributed by atoms with E-state index in [2.05, 4.69) is 39.8 Å². The Morgan fingerprint density at radius 3 is 2.58 bits per heavy atom. The van der Waals surface area contributed by atoms with E-state index in [0.29, 0.717) is 5.92 Å². The average Bonchev–Trinajstić information content (AvgIpc) is 2.03. The van der Waals surface area contributed by atoms with Crippen molar-refractivity contribution >= 4 is 0 Å². The van der Waals surface area contributed by atoms with Crippen LogP contribution in [0.4, 0.5) is 0 Å². The van der Waals surface area contributed by atoms with Gasteiger partial charge in [-0.15, -0.1) is 0 Å². The molecule has 0 aromatic heterocycles. The fourth-order valence-corrected chi connectivity index (χ4v) is 1.72. The first-order valence-electron chi connectivity index (χ1n) is 4.64. The van der Waals surface area contributed by atoms with Crippen LogP contribution < -0.4 is 0 Å². The van der Waals surface area contributed by atoms with Gasteiger partial charge in [0.25, 0.3) is 0 Å². The highest BCUT2D eigenvalue weighted by Crippen LogP contribution is 2.24. The fourth-order valence-electron chi connectivity index (χ4n) is 1.72. The molecule has 65 valence electrons. The predicted molar refractivity (Wildman–Crippen MR) is 53.5 cm³/mol. The minimum Gasteiger partial charge on any atom is -0.0648 e. The Kier molecular flexibility index (Phi) is 2.91. The summed E-state index contributed by atoms with van der Waals surface area (Å²) in [4.78, 5) is 0. The maximum absolute atomic E-state index is 3.26. The van der Waals surface area contributed by atoms with Crippen LogP contribution in [0.3, 0.4) is 0 Å². The second kappa shape index (κ2) is 3.75. The molecule has 0 saturated carbocycles. The summed E-state index contributed by atoms with van der Waals surface area (Å²) in [6, 6.07) is 7.41. The largest absolute Gasteiger partial charge is 0.0648 e. The lowest BCUT2D eigenvalue weighted by Crippen LogP contribution is -1.98. The molecule has 0 amide bonds. The molecule has 0 N–H and O–H groups in total. The molecule has 1 radical (unpaired) electrons. The van der Waals surface area contributed by atoms with E-state index >= 15 is 0 Å². The van der Waals surface area contributed by atoms with E-state index in [1.807, 2.05) is 6.07 Å². The van der Waals surface area contributed by atoms with Crippen molar-refractivity contribution in [2.75, 3.05) is 0 Å². The zero-order valence-electron chi connectivity index (χ0n) is 8.44. The van der Waals surface area contributed by atoms with Crippen molar-refractivity contribution in [3.63, 3.8) is 0 Å². The highest BCUT2D eigenvalue weighted by atomic mass is 14.1. The Morgan fingerprint density at radius 1 is 1.42 bits per heavy atom. The van der Waals surface area contributed by atoms with E-state index < -0.39 is 0 Å². The second-order valence-electron chi connectivity index (χ2n) is 3.51. The molecule has 0 aliphatic rings. The predicted octanol–water partition coefficient (Wildman–Crippen LogP) is 3.62. The summed E-state index contributed by atoms with van der Waals surface area (Å²) in [5.41, 5.74) is 4.20. The van der Waals surface area contributed by atoms with E-state index in [0.717, 1.165) is 0 Å². The third kappa shape index (κ3) is 1.69. The summed E-state index contributed by atoms with van der Waals surface area (Å²) in [7, 11) is 0. The van der Waals surface area contributed by atoms with E-state index in [9.17, 15) is 0 Å². The topological polar surface area (TPSA) is 0 Å². The molecule has 0 fully saturated rings. The van der Waals surface area contributed by atoms with Crippen LogP contribution in [0.25, 0.3) is 0 Å². The molecular formula is C12H17. The van der Waals surface area contributed by atoms with Crippen LogP contribution in [0.2, 0.25) is 0 Å². The molecule has 12 heavy (non-hydrogen) atoms. The summed E-state index contributed by atoms with van der Waals surface area (Å²) >= 11 is 0. The minimum absolute atomic E-state index is 0.669. The van der Waals surface area contributed by atoms with Gasteiger partial charge in [0.15, 0.2) is 0 Å². The van der Waals surface area contributed by atoms with Crippen LogP contribution in [0.15, 0.2) is 12.1 Å². The third-order valence-electron chi connectivity index (χ3n) is 2.57. The van der Waals surface area contributed by atoms with Crippen molar-refractivity contribution in [1.29, 1.82) is 0 Å². The molecule has 0 aliphatic heterocycles. The van der Waals surface area contributed by atoms with Crippen LogP contribution in [-0.2, 0) is 0 Å². The van der Waals surface area contributed by atoms with Crippen LogP contribution in [-0.4, -0.2) is 0 Å². The molecule has 1 unspecified atom stereocenters. The van der Waals surface area contributed by atoms with Crippen LogP contribution in [0.5, 0.6) is 0 Å². The van der Waals surface area contributed by atoms with Crippen LogP contribution in [0, 0.1) is 19.9 Å². The summed E-state index contributed by atoms with van der Waals surface area (Å²) in [5, 5.41) is 0. The summed E-state index contributed by atoms with van der Waals surface area (Å²) in [6.07, 6.45) is 1.21. The van der Waals surface area contributed by atoms with Gasteiger partial charge in [-0.25, -0.2) is 0 Å². The van der Waals surface area contributed by atoms with Crippen molar-refractivity contribution in [2.45, 2.75) is 40.0 Å². The molecule has 0 bridgehead atoms. The van der Waals surface area contributed by atoms with Crippen molar-refractivity contribution in [1.82, 2.24) is 0 Å². The van der Waals surface area contributed by atoms with E-state index in [1.165, 1.54) is 23.1 Å². The molecule has 0 heterocycles. The third-order valence-corrected chi connectivity index (χ3v) is 2.57. The zero-order valence-corrected chi connectivity index (χ0v) is 8.44. The van der Waals surface area contributed by atoms with Gasteiger partial charge in [-0.05, 0) is 48.9 Å². The first-order chi connectivity index (χ1) is 5.66. The standard InChI is InChI=1S/C12H17/c1-5-9(2)12-10(3)7-6-8-11(12)4/h6-7,9H,5H2,1-4H3. The number of rotatable bonds is 2. The quantitative estimate of drug-likeness (QED) is 0.621. The van der Waals surface area contributed by atoms with Gasteiger partial charge in [-0.1, -0.05) is 26.0 Å². The fraction of sp³-hybridized carbons (Fsp3) is 0.500. The molecule has 1 aromatic rings. The van der Waals surface area contributed by atoms with Gasteiger partial charge in [0, 0.05) is 0 Å². The molecule has 1 atom stereocenters. The number of hydrogen-bond donors (Lipinski definition) is 0. The second-order valence-corrected chi connectivity index (χ2v) is 3.51. The van der Waals surface area contributed by atoms with Crippen LogP contribution in [0.1, 0.15) is 42.9 Å². The highest BCUT2D eigenvalue weighted by molar-refractivity contribution is 5.35. The van der Waals surface area contributed by atoms with Gasteiger partial charge < -0.3 is 0 Å². The van der Waals surface area contributed by atoms with Crippen molar-refractivity contribution < 1.29 is 0 Å². The maximum Gasteiger partial charge on any atom is -0.0149 e. The Bertz CT molecular complexity index is 240. The summed E-state index contributed by atoms with van der Waals surface area (Å²) in [6.45, 7) is 8.84. The molecular weight excluding hydrogens is 144 g/mol. The number of aryl methyl sites for hydroxylation is 2. The minimum atomic E-state index is 0.669. The molecule has 0 nitrogen and oxygen atoms in total. The highest BCUT2D eigenvalue weighted by Gasteiger charge is 2.08. The van der Waals surface area contributed by atoms with Crippen molar-refractivity contribution in [3.05, 3.63) is 34.9 Å². The van der Waals surface area contributed by atoms with Gasteiger partial charge in [0.05, 0.1) is 0 Å². The van der Waals surface area contributed by atoms with Gasteiger partial charge in [0.2, 0.25) is 0 Å². The van der Waals surface area contributed by atoms with E-state index in [1.54, 1.807) is 0 Å². The monoisotopic (exact) mass is 161 g/mol. The summed E-state index contributed by atoms with van der Waals surface area (Å²) < 4.78 is 0. The Hall–Kier alpha value is -0.780. The molecule has 0 aliphatic carbocycles. The summed E-state index contributed by atoms with van der Waals surface area (Å²) in [5.74, 6) is 0.669. The van der Waals surface area contributed by atoms with E-state index in [4.69, 9.17) is 0 Å². The van der Waals surface area contributed by atoms with Gasteiger partial charge in [0.1, 0.15) is 0 Å². The first-order valence-corrected chi connectivity index (χ1v) is 4.64. The van der Waals surface area contributed by atoms with Gasteiger partial charge in [-0.2, -0.15) is 0 Å². The van der Waals surface area contributed by atoms with Gasteiger partial charge >= 0.3 is 0 Å². The lowest BCUT2D eigenvalue weighted by Gasteiger charge is -2.14. The first kappa shape index (κ1) is 9.31. The molecule has 0 spiro atoms. The SMILES string of the molecule is CCC(C)c1c(C)[c]ccc1C. The molecule has 1 rings (SSSR count). The zero-order chi connectivity index (χ0) is 9.14. The smallest absolute Gasteiger partial charge is 0.0149 e. The molecule has 0 heteroatoms. The van der Waals surface area contributed by atoms with E-state index in [-0.39, 0.29) is 0 Å². The van der Waals surface area contributed by atoms with Crippen molar-refractivity contribution in [3.8, 4) is 0 Å². The average molecular weight is 161 g/mol. The molecule has 1 aromatic carbocycles. The molecule has 0 saturated heterocycles. The lowest BCUT2D eigenvalue weighted by atomic mass is 9.90. The number of hydrogen-bond acceptors (Lipinski definition) is 0. The Morgan fingerprint density at radius 2 is 2.08 bits per heavy atom. The van der Waals surface area contributed by atoms with Crippen molar-refractivity contribution in [2.24, 2.45) is 0 Å². The number of benzene rings is 1. The normalized spacial score (nSPS) is 13.0. The maximum atomic E-state index is 3.26. The van der Waals surface area contributed by atoms with Crippen LogP contribution >= 0.6 is 0 Å². The lowest BCUT2D eigenvalue weighted by molar-refractivity contribution is 0.722.